The van der Waals surface area contributed by atoms with Crippen molar-refractivity contribution >= 4 is 46.5 Å². The molecule has 2 aromatic carbocycles. The van der Waals surface area contributed by atoms with Gasteiger partial charge in [0.2, 0.25) is 0 Å². The number of hydrogen-bond acceptors (Lipinski definition) is 3. The Morgan fingerprint density at radius 1 is 1.16 bits per heavy atom. The van der Waals surface area contributed by atoms with Crippen molar-refractivity contribution in [3.05, 3.63) is 74.7 Å². The zero-order chi connectivity index (χ0) is 23.0. The average Bonchev–Trinajstić information content (AvgIpc) is 3.14. The van der Waals surface area contributed by atoms with Crippen LogP contribution in [0, 0.1) is 13.5 Å². The summed E-state index contributed by atoms with van der Waals surface area (Å²) in [6, 6.07) is 9.75. The van der Waals surface area contributed by atoms with Crippen LogP contribution in [0.25, 0.3) is 16.1 Å². The van der Waals surface area contributed by atoms with Crippen LogP contribution in [-0.2, 0) is 13.1 Å². The zero-order valence-corrected chi connectivity index (χ0v) is 18.5. The van der Waals surface area contributed by atoms with Crippen LogP contribution in [0.5, 0.6) is 0 Å². The molecule has 3 aromatic rings. The van der Waals surface area contributed by atoms with Crippen molar-refractivity contribution in [2.24, 2.45) is 5.73 Å². The highest BCUT2D eigenvalue weighted by molar-refractivity contribution is 6.42. The van der Waals surface area contributed by atoms with Gasteiger partial charge in [-0.2, -0.15) is 5.10 Å². The molecule has 0 unspecified atom stereocenters. The van der Waals surface area contributed by atoms with Crippen LogP contribution in [0.2, 0.25) is 10.0 Å². The number of rotatable bonds is 3. The van der Waals surface area contributed by atoms with E-state index < -0.39 is 5.91 Å². The highest BCUT2D eigenvalue weighted by Gasteiger charge is 2.29. The lowest BCUT2D eigenvalue weighted by molar-refractivity contribution is 0.0997. The molecule has 1 aliphatic rings. The third kappa shape index (κ3) is 4.00. The Morgan fingerprint density at radius 3 is 2.59 bits per heavy atom. The fourth-order valence-electron chi connectivity index (χ4n) is 3.66. The Bertz CT molecular complexity index is 1290. The van der Waals surface area contributed by atoms with Gasteiger partial charge in [0.15, 0.2) is 5.69 Å². The van der Waals surface area contributed by atoms with E-state index >= 15 is 0 Å². The smallest absolute Gasteiger partial charge is 0.322 e. The van der Waals surface area contributed by atoms with E-state index in [0.717, 1.165) is 5.56 Å². The zero-order valence-electron chi connectivity index (χ0n) is 17.0. The van der Waals surface area contributed by atoms with Crippen molar-refractivity contribution in [3.63, 3.8) is 0 Å². The fraction of sp³-hybridized carbons (Fsp3) is 0.182. The van der Waals surface area contributed by atoms with E-state index in [1.54, 1.807) is 46.0 Å². The second kappa shape index (κ2) is 8.54. The van der Waals surface area contributed by atoms with Crippen LogP contribution in [0.4, 0.5) is 16.2 Å². The first-order valence-corrected chi connectivity index (χ1v) is 10.4. The summed E-state index contributed by atoms with van der Waals surface area (Å²) < 4.78 is 1.69. The largest absolute Gasteiger partial charge is 0.365 e. The number of nitrogens with one attached hydrogen (secondary N) is 1. The number of aryl methyl sites for hydroxylation is 1. The van der Waals surface area contributed by atoms with Gasteiger partial charge in [0.25, 0.3) is 5.91 Å². The first-order valence-electron chi connectivity index (χ1n) is 9.67. The lowest BCUT2D eigenvalue weighted by atomic mass is 10.0. The van der Waals surface area contributed by atoms with Gasteiger partial charge in [-0.15, -0.1) is 0 Å². The molecule has 3 N–H and O–H groups in total. The SMILES string of the molecule is [C-]#[N+]c1ccc(NC(=O)N2CCn3nc(-c4ccc(Cl)c(Cl)c4)c(C(N)=O)c3C2)cc1C. The lowest BCUT2D eigenvalue weighted by Crippen LogP contribution is -2.41. The molecule has 0 bridgehead atoms. The molecule has 162 valence electrons. The van der Waals surface area contributed by atoms with Gasteiger partial charge < -0.3 is 16.0 Å². The molecule has 0 spiro atoms. The van der Waals surface area contributed by atoms with Crippen molar-refractivity contribution in [1.29, 1.82) is 0 Å². The number of nitrogens with zero attached hydrogens (tertiary/aromatic N) is 4. The number of primary amides is 1. The van der Waals surface area contributed by atoms with E-state index in [1.165, 1.54) is 0 Å². The van der Waals surface area contributed by atoms with Gasteiger partial charge in [0.05, 0.1) is 41.0 Å². The third-order valence-corrected chi connectivity index (χ3v) is 6.01. The minimum atomic E-state index is -0.639. The number of aromatic nitrogens is 2. The summed E-state index contributed by atoms with van der Waals surface area (Å²) in [5.74, 6) is -0.639. The number of halogens is 2. The fourth-order valence-corrected chi connectivity index (χ4v) is 3.95. The van der Waals surface area contributed by atoms with Crippen LogP contribution in [0.15, 0.2) is 36.4 Å². The lowest BCUT2D eigenvalue weighted by Gasteiger charge is -2.28. The second-order valence-electron chi connectivity index (χ2n) is 7.35. The van der Waals surface area contributed by atoms with E-state index in [0.29, 0.717) is 51.5 Å². The minimum Gasteiger partial charge on any atom is -0.365 e. The van der Waals surface area contributed by atoms with Gasteiger partial charge in [-0.25, -0.2) is 9.64 Å². The summed E-state index contributed by atoms with van der Waals surface area (Å²) in [6.45, 7) is 9.92. The highest BCUT2D eigenvalue weighted by atomic mass is 35.5. The van der Waals surface area contributed by atoms with E-state index in [2.05, 4.69) is 15.3 Å². The standard InChI is InChI=1S/C22H18Cl2N6O2/c1-12-9-14(4-6-17(12)26-2)27-22(32)29-7-8-30-18(11-29)19(21(25)31)20(28-30)13-3-5-15(23)16(24)10-13/h3-6,9-10H,7-8,11H2,1H3,(H2,25,31)(H,27,32). The van der Waals surface area contributed by atoms with Crippen molar-refractivity contribution in [3.8, 4) is 11.3 Å². The number of hydrogen-bond donors (Lipinski definition) is 2. The molecule has 0 radical (unpaired) electrons. The number of carbonyl (C=O) groups is 2. The Morgan fingerprint density at radius 2 is 1.94 bits per heavy atom. The molecule has 1 aromatic heterocycles. The molecule has 0 saturated carbocycles. The number of urea groups is 1. The van der Waals surface area contributed by atoms with Gasteiger partial charge >= 0.3 is 6.03 Å². The summed E-state index contributed by atoms with van der Waals surface area (Å²) in [5, 5.41) is 8.12. The quantitative estimate of drug-likeness (QED) is 0.536. The van der Waals surface area contributed by atoms with Gasteiger partial charge in [-0.3, -0.25) is 9.48 Å². The normalized spacial score (nSPS) is 12.8. The Labute approximate surface area is 194 Å². The number of amides is 3. The Kier molecular flexibility index (Phi) is 5.78. The molecule has 3 amide bonds. The number of nitrogens with two attached hydrogens (primary N) is 1. The third-order valence-electron chi connectivity index (χ3n) is 5.28. The molecule has 32 heavy (non-hydrogen) atoms. The molecule has 0 saturated heterocycles. The van der Waals surface area contributed by atoms with Crippen molar-refractivity contribution in [1.82, 2.24) is 14.7 Å². The number of anilines is 1. The summed E-state index contributed by atoms with van der Waals surface area (Å²) in [6.07, 6.45) is 0. The molecular formula is C22H18Cl2N6O2. The minimum absolute atomic E-state index is 0.164. The summed E-state index contributed by atoms with van der Waals surface area (Å²) >= 11 is 12.1. The van der Waals surface area contributed by atoms with Gasteiger partial charge in [0.1, 0.15) is 5.69 Å². The average molecular weight is 469 g/mol. The summed E-state index contributed by atoms with van der Waals surface area (Å²) in [7, 11) is 0. The molecule has 8 nitrogen and oxygen atoms in total. The van der Waals surface area contributed by atoms with Crippen LogP contribution in [0.1, 0.15) is 21.6 Å². The van der Waals surface area contributed by atoms with Crippen LogP contribution < -0.4 is 11.1 Å². The molecule has 2 heterocycles. The van der Waals surface area contributed by atoms with Gasteiger partial charge in [0, 0.05) is 17.8 Å². The Hall–Kier alpha value is -3.54. The maximum atomic E-state index is 12.9. The Balaban J connectivity index is 1.61. The molecule has 10 heteroatoms. The van der Waals surface area contributed by atoms with Gasteiger partial charge in [-0.05, 0) is 36.8 Å². The molecule has 0 atom stereocenters. The monoisotopic (exact) mass is 468 g/mol. The van der Waals surface area contributed by atoms with Crippen molar-refractivity contribution in [2.75, 3.05) is 11.9 Å². The van der Waals surface area contributed by atoms with Gasteiger partial charge in [-0.1, -0.05) is 35.3 Å². The maximum Gasteiger partial charge on any atom is 0.322 e. The van der Waals surface area contributed by atoms with Crippen LogP contribution >= 0.6 is 23.2 Å². The van der Waals surface area contributed by atoms with Crippen molar-refractivity contribution < 1.29 is 9.59 Å². The first kappa shape index (κ1) is 21.7. The molecule has 0 aliphatic carbocycles. The topological polar surface area (TPSA) is 97.6 Å². The molecule has 4 rings (SSSR count). The van der Waals surface area contributed by atoms with Crippen LogP contribution in [0.3, 0.4) is 0 Å². The summed E-state index contributed by atoms with van der Waals surface area (Å²) in [4.78, 5) is 30.2. The maximum absolute atomic E-state index is 12.9. The molecule has 0 fully saturated rings. The molecule has 1 aliphatic heterocycles. The number of benzene rings is 2. The summed E-state index contributed by atoms with van der Waals surface area (Å²) in [5.41, 5.74) is 9.40. The van der Waals surface area contributed by atoms with E-state index in [9.17, 15) is 9.59 Å². The van der Waals surface area contributed by atoms with Crippen LogP contribution in [-0.4, -0.2) is 33.2 Å². The number of fused-ring (bicyclic) bond motifs is 1. The first-order chi connectivity index (χ1) is 15.3. The predicted molar refractivity (Wildman–Crippen MR) is 123 cm³/mol. The van der Waals surface area contributed by atoms with Crippen molar-refractivity contribution in [2.45, 2.75) is 20.0 Å². The van der Waals surface area contributed by atoms with E-state index in [-0.39, 0.29) is 18.1 Å². The molecular weight excluding hydrogens is 451 g/mol. The van der Waals surface area contributed by atoms with E-state index in [4.69, 9.17) is 35.5 Å². The second-order valence-corrected chi connectivity index (χ2v) is 8.17. The predicted octanol–water partition coefficient (Wildman–Crippen LogP) is 4.86. The highest BCUT2D eigenvalue weighted by Crippen LogP contribution is 2.32. The number of carbonyl (C=O) groups excluding carboxylic acids is 2. The van der Waals surface area contributed by atoms with E-state index in [1.807, 2.05) is 6.92 Å².